The fourth-order valence-electron chi connectivity index (χ4n) is 6.84. The van der Waals surface area contributed by atoms with E-state index in [4.69, 9.17) is 0 Å². The molecular formula is C29H41N7O4. The van der Waals surface area contributed by atoms with Gasteiger partial charge >= 0.3 is 0 Å². The summed E-state index contributed by atoms with van der Waals surface area (Å²) in [4.78, 5) is 60.4. The number of amides is 4. The van der Waals surface area contributed by atoms with Gasteiger partial charge in [-0.3, -0.25) is 34.3 Å². The van der Waals surface area contributed by atoms with Gasteiger partial charge in [-0.2, -0.15) is 0 Å². The fourth-order valence-corrected chi connectivity index (χ4v) is 6.84. The molecule has 0 radical (unpaired) electrons. The Kier molecular flexibility index (Phi) is 8.04. The van der Waals surface area contributed by atoms with Crippen LogP contribution in [0.5, 0.6) is 0 Å². The quantitative estimate of drug-likeness (QED) is 0.465. The summed E-state index contributed by atoms with van der Waals surface area (Å²) in [5, 5.41) is 5.67. The molecule has 2 N–H and O–H groups in total. The molecule has 1 unspecified atom stereocenters. The van der Waals surface area contributed by atoms with E-state index in [-0.39, 0.29) is 30.0 Å². The number of piperidine rings is 2. The normalized spacial score (nSPS) is 25.4. The number of hydrogen-bond donors (Lipinski definition) is 2. The van der Waals surface area contributed by atoms with Gasteiger partial charge in [-0.05, 0) is 62.0 Å². The van der Waals surface area contributed by atoms with Crippen molar-refractivity contribution in [3.8, 4) is 0 Å². The minimum atomic E-state index is -0.579. The Balaban J connectivity index is 0.953. The molecular weight excluding hydrogens is 510 g/mol. The topological polar surface area (TPSA) is 109 Å². The van der Waals surface area contributed by atoms with E-state index in [1.165, 1.54) is 0 Å². The van der Waals surface area contributed by atoms with E-state index < -0.39 is 6.04 Å². The predicted molar refractivity (Wildman–Crippen MR) is 150 cm³/mol. The number of rotatable bonds is 6. The van der Waals surface area contributed by atoms with Gasteiger partial charge in [0.15, 0.2) is 0 Å². The van der Waals surface area contributed by atoms with Crippen LogP contribution in [0.15, 0.2) is 18.2 Å². The van der Waals surface area contributed by atoms with E-state index in [0.717, 1.165) is 96.1 Å². The van der Waals surface area contributed by atoms with Crippen LogP contribution in [0, 0.1) is 5.92 Å². The van der Waals surface area contributed by atoms with Crippen molar-refractivity contribution in [2.24, 2.45) is 5.92 Å². The first-order valence-corrected chi connectivity index (χ1v) is 14.9. The highest BCUT2D eigenvalue weighted by molar-refractivity contribution is 6.05. The Morgan fingerprint density at radius 2 is 1.62 bits per heavy atom. The maximum atomic E-state index is 13.0. The van der Waals surface area contributed by atoms with E-state index in [0.29, 0.717) is 31.0 Å². The highest BCUT2D eigenvalue weighted by Crippen LogP contribution is 2.31. The first-order valence-electron chi connectivity index (χ1n) is 14.9. The van der Waals surface area contributed by atoms with Crippen LogP contribution in [-0.2, 0) is 20.9 Å². The summed E-state index contributed by atoms with van der Waals surface area (Å²) in [5.41, 5.74) is 2.74. The van der Waals surface area contributed by atoms with Crippen molar-refractivity contribution in [2.45, 2.75) is 38.3 Å². The van der Waals surface area contributed by atoms with Gasteiger partial charge in [0.25, 0.3) is 5.91 Å². The highest BCUT2D eigenvalue weighted by atomic mass is 16.2. The Bertz CT molecular complexity index is 1140. The molecule has 0 aliphatic carbocycles. The van der Waals surface area contributed by atoms with Gasteiger partial charge in [0.2, 0.25) is 17.7 Å². The molecule has 4 amide bonds. The second-order valence-corrected chi connectivity index (χ2v) is 11.9. The number of nitrogens with one attached hydrogen (secondary N) is 2. The van der Waals surface area contributed by atoms with Crippen molar-refractivity contribution in [2.75, 3.05) is 83.4 Å². The summed E-state index contributed by atoms with van der Waals surface area (Å²) in [6, 6.07) is 5.44. The number of likely N-dealkylation sites (tertiary alicyclic amines) is 1. The molecule has 4 fully saturated rings. The summed E-state index contributed by atoms with van der Waals surface area (Å²) in [7, 11) is 0. The second-order valence-electron chi connectivity index (χ2n) is 11.9. The first kappa shape index (κ1) is 27.2. The summed E-state index contributed by atoms with van der Waals surface area (Å²) in [6.07, 6.45) is 2.95. The van der Waals surface area contributed by atoms with Crippen molar-refractivity contribution >= 4 is 29.3 Å². The Morgan fingerprint density at radius 1 is 0.875 bits per heavy atom. The molecule has 1 atom stereocenters. The molecule has 5 heterocycles. The van der Waals surface area contributed by atoms with E-state index in [2.05, 4.69) is 31.4 Å². The molecule has 0 saturated carbocycles. The molecule has 4 saturated heterocycles. The number of anilines is 1. The van der Waals surface area contributed by atoms with Crippen LogP contribution >= 0.6 is 0 Å². The smallest absolute Gasteiger partial charge is 0.255 e. The van der Waals surface area contributed by atoms with Crippen LogP contribution in [0.2, 0.25) is 0 Å². The third-order valence-electron chi connectivity index (χ3n) is 9.30. The third-order valence-corrected chi connectivity index (χ3v) is 9.30. The van der Waals surface area contributed by atoms with Crippen molar-refractivity contribution in [3.05, 3.63) is 29.3 Å². The summed E-state index contributed by atoms with van der Waals surface area (Å²) < 4.78 is 0. The van der Waals surface area contributed by atoms with Gasteiger partial charge < -0.3 is 20.0 Å². The van der Waals surface area contributed by atoms with Crippen LogP contribution in [-0.4, -0.2) is 128 Å². The van der Waals surface area contributed by atoms with Crippen LogP contribution in [0.25, 0.3) is 0 Å². The molecule has 11 nitrogen and oxygen atoms in total. The summed E-state index contributed by atoms with van der Waals surface area (Å²) >= 11 is 0. The lowest BCUT2D eigenvalue weighted by molar-refractivity contribution is -0.137. The molecule has 5 aliphatic rings. The summed E-state index contributed by atoms with van der Waals surface area (Å²) in [5.74, 6) is 0.190. The van der Waals surface area contributed by atoms with Crippen LogP contribution in [0.3, 0.4) is 0 Å². The maximum Gasteiger partial charge on any atom is 0.255 e. The number of benzene rings is 1. The number of imide groups is 1. The van der Waals surface area contributed by atoms with E-state index in [1.807, 2.05) is 17.0 Å². The van der Waals surface area contributed by atoms with E-state index >= 15 is 0 Å². The van der Waals surface area contributed by atoms with Crippen molar-refractivity contribution in [3.63, 3.8) is 0 Å². The molecule has 6 rings (SSSR count). The Labute approximate surface area is 235 Å². The fraction of sp³-hybridized carbons (Fsp3) is 0.655. The zero-order chi connectivity index (χ0) is 27.6. The number of hydrogen-bond acceptors (Lipinski definition) is 8. The Morgan fingerprint density at radius 3 is 2.35 bits per heavy atom. The van der Waals surface area contributed by atoms with Crippen molar-refractivity contribution < 1.29 is 19.2 Å². The average Bonchev–Trinajstić information content (AvgIpc) is 3.30. The number of fused-ring (bicyclic) bond motifs is 1. The predicted octanol–water partition coefficient (Wildman–Crippen LogP) is -0.287. The minimum absolute atomic E-state index is 0.125. The van der Waals surface area contributed by atoms with Crippen LogP contribution in [0.1, 0.15) is 41.6 Å². The third kappa shape index (κ3) is 5.87. The van der Waals surface area contributed by atoms with Crippen LogP contribution < -0.4 is 15.5 Å². The van der Waals surface area contributed by atoms with Gasteiger partial charge in [-0.15, -0.1) is 0 Å². The number of carbonyl (C=O) groups excluding carboxylic acids is 4. The lowest BCUT2D eigenvalue weighted by atomic mass is 9.96. The minimum Gasteiger partial charge on any atom is -0.369 e. The number of piperazine rings is 2. The van der Waals surface area contributed by atoms with Crippen LogP contribution in [0.4, 0.5) is 5.69 Å². The van der Waals surface area contributed by atoms with Gasteiger partial charge in [0.05, 0.1) is 6.54 Å². The molecule has 5 aliphatic heterocycles. The SMILES string of the molecule is O=C1CCC(N2Cc3cc(N4CCN(CC5CCN(CC(=O)N6CCNCC6)CC5)CC4)ccc3C2=O)C(=O)N1. The molecule has 1 aromatic rings. The molecule has 0 spiro atoms. The zero-order valence-corrected chi connectivity index (χ0v) is 23.3. The first-order chi connectivity index (χ1) is 19.4. The van der Waals surface area contributed by atoms with Crippen molar-refractivity contribution in [1.29, 1.82) is 0 Å². The van der Waals surface area contributed by atoms with Gasteiger partial charge in [-0.1, -0.05) is 0 Å². The molecule has 11 heteroatoms. The maximum absolute atomic E-state index is 13.0. The van der Waals surface area contributed by atoms with Gasteiger partial charge in [0.1, 0.15) is 6.04 Å². The molecule has 0 aromatic heterocycles. The average molecular weight is 552 g/mol. The highest BCUT2D eigenvalue weighted by Gasteiger charge is 2.39. The lowest BCUT2D eigenvalue weighted by Gasteiger charge is -2.40. The molecule has 40 heavy (non-hydrogen) atoms. The van der Waals surface area contributed by atoms with Gasteiger partial charge in [-0.25, -0.2) is 0 Å². The molecule has 216 valence electrons. The second kappa shape index (κ2) is 11.8. The Hall–Kier alpha value is -3.02. The van der Waals surface area contributed by atoms with E-state index in [1.54, 1.807) is 4.90 Å². The largest absolute Gasteiger partial charge is 0.369 e. The van der Waals surface area contributed by atoms with E-state index in [9.17, 15) is 19.2 Å². The summed E-state index contributed by atoms with van der Waals surface area (Å²) in [6.45, 7) is 11.5. The van der Waals surface area contributed by atoms with Gasteiger partial charge in [0, 0.05) is 83.1 Å². The number of carbonyl (C=O) groups is 4. The molecule has 0 bridgehead atoms. The van der Waals surface area contributed by atoms with Crippen molar-refractivity contribution in [1.82, 2.24) is 30.2 Å². The monoisotopic (exact) mass is 551 g/mol. The zero-order valence-electron chi connectivity index (χ0n) is 23.3. The lowest BCUT2D eigenvalue weighted by Crippen LogP contribution is -2.52. The number of nitrogens with zero attached hydrogens (tertiary/aromatic N) is 5. The standard InChI is InChI=1S/C29H41N7O4/c37-26-4-3-25(28(39)31-26)36-19-22-17-23(1-2-24(22)29(36)40)34-15-13-33(14-16-34)18-21-5-9-32(10-6-21)20-27(38)35-11-7-30-8-12-35/h1-2,17,21,25,30H,3-16,18-20H2,(H,31,37,39). The molecule has 1 aromatic carbocycles.